The molecule has 0 spiro atoms. The average molecular weight is 242 g/mol. The maximum absolute atomic E-state index is 10.6. The Labute approximate surface area is 105 Å². The fourth-order valence-electron chi connectivity index (χ4n) is 1.66. The topological polar surface area (TPSA) is 76.2 Å². The van der Waals surface area contributed by atoms with Gasteiger partial charge < -0.3 is 10.8 Å². The van der Waals surface area contributed by atoms with Crippen LogP contribution in [0.25, 0.3) is 11.1 Å². The van der Waals surface area contributed by atoms with Gasteiger partial charge in [-0.15, -0.1) is 0 Å². The second-order valence-corrected chi connectivity index (χ2v) is 4.05. The number of nitrogens with zero attached hydrogens (tertiary/aromatic N) is 1. The number of hydrogen-bond donors (Lipinski definition) is 2. The van der Waals surface area contributed by atoms with Gasteiger partial charge in [-0.2, -0.15) is 0 Å². The molecular formula is C14H14N2O2. The second-order valence-electron chi connectivity index (χ2n) is 4.05. The number of benzene rings is 1. The fourth-order valence-corrected chi connectivity index (χ4v) is 1.66. The Morgan fingerprint density at radius 3 is 2.44 bits per heavy atom. The van der Waals surface area contributed by atoms with Gasteiger partial charge in [0.1, 0.15) is 6.04 Å². The molecular weight excluding hydrogens is 228 g/mol. The van der Waals surface area contributed by atoms with Gasteiger partial charge in [0.15, 0.2) is 0 Å². The van der Waals surface area contributed by atoms with Crippen LogP contribution in [-0.4, -0.2) is 22.1 Å². The standard InChI is InChI=1S/C14H14N2O2/c15-13(14(17)18)8-12-7-6-11(9-16-12)10-4-2-1-3-5-10/h1-7,9,13H,8,15H2,(H,17,18)/t13-/m1/s1. The van der Waals surface area contributed by atoms with Crippen LogP contribution in [0.2, 0.25) is 0 Å². The van der Waals surface area contributed by atoms with Crippen molar-refractivity contribution >= 4 is 5.97 Å². The first-order valence-electron chi connectivity index (χ1n) is 5.65. The molecule has 2 aromatic rings. The van der Waals surface area contributed by atoms with Crippen LogP contribution in [0.4, 0.5) is 0 Å². The zero-order valence-electron chi connectivity index (χ0n) is 9.78. The summed E-state index contributed by atoms with van der Waals surface area (Å²) in [5.41, 5.74) is 8.23. The van der Waals surface area contributed by atoms with E-state index in [1.54, 1.807) is 6.20 Å². The summed E-state index contributed by atoms with van der Waals surface area (Å²) in [6.07, 6.45) is 1.98. The maximum Gasteiger partial charge on any atom is 0.320 e. The van der Waals surface area contributed by atoms with Crippen LogP contribution in [0.3, 0.4) is 0 Å². The number of aromatic nitrogens is 1. The van der Waals surface area contributed by atoms with Crippen LogP contribution in [0, 0.1) is 0 Å². The van der Waals surface area contributed by atoms with E-state index < -0.39 is 12.0 Å². The number of hydrogen-bond acceptors (Lipinski definition) is 3. The summed E-state index contributed by atoms with van der Waals surface area (Å²) < 4.78 is 0. The van der Waals surface area contributed by atoms with Crippen LogP contribution in [-0.2, 0) is 11.2 Å². The summed E-state index contributed by atoms with van der Waals surface area (Å²) in [6, 6.07) is 12.7. The van der Waals surface area contributed by atoms with Crippen molar-refractivity contribution in [2.45, 2.75) is 12.5 Å². The molecule has 0 amide bonds. The molecule has 1 heterocycles. The monoisotopic (exact) mass is 242 g/mol. The molecule has 0 aliphatic heterocycles. The Balaban J connectivity index is 2.13. The molecule has 0 unspecified atom stereocenters. The molecule has 2 rings (SSSR count). The van der Waals surface area contributed by atoms with Gasteiger partial charge in [0.05, 0.1) is 0 Å². The highest BCUT2D eigenvalue weighted by Gasteiger charge is 2.12. The van der Waals surface area contributed by atoms with Crippen molar-refractivity contribution in [3.63, 3.8) is 0 Å². The Morgan fingerprint density at radius 2 is 1.89 bits per heavy atom. The summed E-state index contributed by atoms with van der Waals surface area (Å²) in [5.74, 6) is -1.01. The number of carbonyl (C=O) groups is 1. The van der Waals surface area contributed by atoms with E-state index in [2.05, 4.69) is 4.98 Å². The predicted molar refractivity (Wildman–Crippen MR) is 69.0 cm³/mol. The van der Waals surface area contributed by atoms with Crippen molar-refractivity contribution in [2.75, 3.05) is 0 Å². The molecule has 0 saturated heterocycles. The normalized spacial score (nSPS) is 12.1. The van der Waals surface area contributed by atoms with Crippen molar-refractivity contribution in [3.8, 4) is 11.1 Å². The van der Waals surface area contributed by atoms with Gasteiger partial charge in [-0.05, 0) is 11.6 Å². The van der Waals surface area contributed by atoms with E-state index in [0.717, 1.165) is 11.1 Å². The lowest BCUT2D eigenvalue weighted by molar-refractivity contribution is -0.138. The first kappa shape index (κ1) is 12.3. The lowest BCUT2D eigenvalue weighted by Gasteiger charge is -2.06. The van der Waals surface area contributed by atoms with Gasteiger partial charge in [0.2, 0.25) is 0 Å². The van der Waals surface area contributed by atoms with Crippen molar-refractivity contribution in [3.05, 3.63) is 54.4 Å². The highest BCUT2D eigenvalue weighted by Crippen LogP contribution is 2.17. The first-order chi connectivity index (χ1) is 8.66. The van der Waals surface area contributed by atoms with Gasteiger partial charge in [-0.1, -0.05) is 36.4 Å². The van der Waals surface area contributed by atoms with Crippen LogP contribution >= 0.6 is 0 Å². The predicted octanol–water partition coefficient (Wildman–Crippen LogP) is 1.70. The number of aliphatic carboxylic acids is 1. The van der Waals surface area contributed by atoms with Gasteiger partial charge >= 0.3 is 5.97 Å². The van der Waals surface area contributed by atoms with Crippen LogP contribution in [0.5, 0.6) is 0 Å². The third-order valence-corrected chi connectivity index (χ3v) is 2.68. The second kappa shape index (κ2) is 5.42. The van der Waals surface area contributed by atoms with Crippen molar-refractivity contribution in [1.29, 1.82) is 0 Å². The van der Waals surface area contributed by atoms with Crippen molar-refractivity contribution < 1.29 is 9.90 Å². The number of rotatable bonds is 4. The number of nitrogens with two attached hydrogens (primary N) is 1. The Bertz CT molecular complexity index is 523. The largest absolute Gasteiger partial charge is 0.480 e. The van der Waals surface area contributed by atoms with Crippen LogP contribution in [0.15, 0.2) is 48.7 Å². The molecule has 4 heteroatoms. The maximum atomic E-state index is 10.6. The van der Waals surface area contributed by atoms with Crippen LogP contribution in [0.1, 0.15) is 5.69 Å². The van der Waals surface area contributed by atoms with Gasteiger partial charge in [0.25, 0.3) is 0 Å². The molecule has 0 saturated carbocycles. The zero-order chi connectivity index (χ0) is 13.0. The molecule has 1 aromatic heterocycles. The van der Waals surface area contributed by atoms with E-state index in [-0.39, 0.29) is 6.42 Å². The molecule has 0 bridgehead atoms. The summed E-state index contributed by atoms with van der Waals surface area (Å²) >= 11 is 0. The summed E-state index contributed by atoms with van der Waals surface area (Å²) in [5, 5.41) is 8.72. The minimum atomic E-state index is -1.01. The number of pyridine rings is 1. The SMILES string of the molecule is N[C@H](Cc1ccc(-c2ccccc2)cn1)C(=O)O. The molecule has 4 nitrogen and oxygen atoms in total. The van der Waals surface area contributed by atoms with Crippen molar-refractivity contribution in [1.82, 2.24) is 4.98 Å². The molecule has 1 aromatic carbocycles. The zero-order valence-corrected chi connectivity index (χ0v) is 9.78. The van der Waals surface area contributed by atoms with E-state index in [1.807, 2.05) is 42.5 Å². The minimum Gasteiger partial charge on any atom is -0.480 e. The molecule has 0 aliphatic carbocycles. The molecule has 0 radical (unpaired) electrons. The lowest BCUT2D eigenvalue weighted by atomic mass is 10.1. The third kappa shape index (κ3) is 2.93. The summed E-state index contributed by atoms with van der Waals surface area (Å²) in [4.78, 5) is 14.9. The molecule has 3 N–H and O–H groups in total. The average Bonchev–Trinajstić information content (AvgIpc) is 2.40. The quantitative estimate of drug-likeness (QED) is 0.855. The third-order valence-electron chi connectivity index (χ3n) is 2.68. The highest BCUT2D eigenvalue weighted by atomic mass is 16.4. The first-order valence-corrected chi connectivity index (χ1v) is 5.65. The van der Waals surface area contributed by atoms with Gasteiger partial charge in [-0.25, -0.2) is 0 Å². The summed E-state index contributed by atoms with van der Waals surface area (Å²) in [6.45, 7) is 0. The Kier molecular flexibility index (Phi) is 3.69. The van der Waals surface area contributed by atoms with E-state index in [4.69, 9.17) is 10.8 Å². The van der Waals surface area contributed by atoms with E-state index in [1.165, 1.54) is 0 Å². The molecule has 92 valence electrons. The minimum absolute atomic E-state index is 0.240. The van der Waals surface area contributed by atoms with Gasteiger partial charge in [0, 0.05) is 23.9 Å². The van der Waals surface area contributed by atoms with E-state index in [0.29, 0.717) is 5.69 Å². The molecule has 0 aliphatic rings. The van der Waals surface area contributed by atoms with Gasteiger partial charge in [-0.3, -0.25) is 9.78 Å². The molecule has 18 heavy (non-hydrogen) atoms. The Hall–Kier alpha value is -2.20. The molecule has 0 fully saturated rings. The Morgan fingerprint density at radius 1 is 1.17 bits per heavy atom. The highest BCUT2D eigenvalue weighted by molar-refractivity contribution is 5.73. The van der Waals surface area contributed by atoms with Crippen LogP contribution < -0.4 is 5.73 Å². The smallest absolute Gasteiger partial charge is 0.320 e. The lowest BCUT2D eigenvalue weighted by Crippen LogP contribution is -2.32. The summed E-state index contributed by atoms with van der Waals surface area (Å²) in [7, 11) is 0. The molecule has 1 atom stereocenters. The van der Waals surface area contributed by atoms with E-state index >= 15 is 0 Å². The fraction of sp³-hybridized carbons (Fsp3) is 0.143. The van der Waals surface area contributed by atoms with E-state index in [9.17, 15) is 4.79 Å². The number of carboxylic acids is 1. The van der Waals surface area contributed by atoms with Crippen molar-refractivity contribution in [2.24, 2.45) is 5.73 Å². The number of carboxylic acid groups (broad SMARTS) is 1.